The molecule has 1 rings (SSSR count). The van der Waals surface area contributed by atoms with Gasteiger partial charge in [0.1, 0.15) is 6.17 Å². The van der Waals surface area contributed by atoms with Crippen LogP contribution in [0.25, 0.3) is 5.57 Å². The lowest BCUT2D eigenvalue weighted by molar-refractivity contribution is 0.365. The number of halogens is 1. The van der Waals surface area contributed by atoms with E-state index in [4.69, 9.17) is 0 Å². The second-order valence-corrected chi connectivity index (χ2v) is 4.58. The smallest absolute Gasteiger partial charge is 0.224 e. The highest BCUT2D eigenvalue weighted by Crippen LogP contribution is 2.16. The summed E-state index contributed by atoms with van der Waals surface area (Å²) in [5.41, 5.74) is 2.56. The first kappa shape index (κ1) is 16.1. The number of allylic oxidation sites excluding steroid dienone is 5. The lowest BCUT2D eigenvalue weighted by Crippen LogP contribution is -2.21. The molecule has 0 N–H and O–H groups in total. The molecular weight excluding hydrogens is 253 g/mol. The first-order valence-corrected chi connectivity index (χ1v) is 6.66. The summed E-state index contributed by atoms with van der Waals surface area (Å²) in [5, 5.41) is 0. The Hall–Kier alpha value is -1.97. The number of aryl methyl sites for hydroxylation is 1. The summed E-state index contributed by atoms with van der Waals surface area (Å²) >= 11 is 0. The van der Waals surface area contributed by atoms with Gasteiger partial charge in [0.25, 0.3) is 0 Å². The predicted octanol–water partition coefficient (Wildman–Crippen LogP) is 3.21. The molecule has 1 aromatic rings. The van der Waals surface area contributed by atoms with Gasteiger partial charge in [0, 0.05) is 32.1 Å². The zero-order valence-electron chi connectivity index (χ0n) is 12.4. The quantitative estimate of drug-likeness (QED) is 0.579. The molecule has 4 heteroatoms. The molecule has 0 bridgehead atoms. The van der Waals surface area contributed by atoms with Gasteiger partial charge in [-0.2, -0.15) is 0 Å². The van der Waals surface area contributed by atoms with Crippen LogP contribution in [0.15, 0.2) is 48.3 Å². The summed E-state index contributed by atoms with van der Waals surface area (Å²) in [4.78, 5) is 8.34. The molecule has 3 nitrogen and oxygen atoms in total. The van der Waals surface area contributed by atoms with Gasteiger partial charge in [-0.1, -0.05) is 24.3 Å². The monoisotopic (exact) mass is 275 g/mol. The molecule has 1 heterocycles. The molecule has 0 aliphatic carbocycles. The molecule has 0 saturated carbocycles. The Labute approximate surface area is 119 Å². The second kappa shape index (κ2) is 8.25. The van der Waals surface area contributed by atoms with E-state index in [2.05, 4.69) is 16.6 Å². The SMILES string of the molecule is C=CC/C=C\C(=C/CC(C)F)c1cn/c(=N/C)n(C)c1. The van der Waals surface area contributed by atoms with Crippen LogP contribution in [0, 0.1) is 0 Å². The summed E-state index contributed by atoms with van der Waals surface area (Å²) in [6.45, 7) is 5.24. The summed E-state index contributed by atoms with van der Waals surface area (Å²) < 4.78 is 14.9. The lowest BCUT2D eigenvalue weighted by atomic mass is 10.1. The van der Waals surface area contributed by atoms with Crippen molar-refractivity contribution in [1.82, 2.24) is 9.55 Å². The predicted molar refractivity (Wildman–Crippen MR) is 81.8 cm³/mol. The molecule has 0 radical (unpaired) electrons. The Morgan fingerprint density at radius 3 is 2.90 bits per heavy atom. The molecule has 1 unspecified atom stereocenters. The Balaban J connectivity index is 3.12. The fraction of sp³-hybridized carbons (Fsp3) is 0.375. The van der Waals surface area contributed by atoms with Crippen LogP contribution < -0.4 is 5.62 Å². The third-order valence-electron chi connectivity index (χ3n) is 2.76. The lowest BCUT2D eigenvalue weighted by Gasteiger charge is -2.06. The van der Waals surface area contributed by atoms with Crippen molar-refractivity contribution < 1.29 is 4.39 Å². The average molecular weight is 275 g/mol. The highest BCUT2D eigenvalue weighted by molar-refractivity contribution is 5.73. The minimum absolute atomic E-state index is 0.386. The minimum Gasteiger partial charge on any atom is -0.320 e. The maximum absolute atomic E-state index is 13.0. The maximum atomic E-state index is 13.0. The fourth-order valence-corrected chi connectivity index (χ4v) is 1.75. The van der Waals surface area contributed by atoms with Crippen LogP contribution in [0.1, 0.15) is 25.3 Å². The molecule has 0 spiro atoms. The molecule has 0 saturated heterocycles. The summed E-state index contributed by atoms with van der Waals surface area (Å²) in [5.74, 6) is 0. The molecule has 0 fully saturated rings. The van der Waals surface area contributed by atoms with E-state index in [1.165, 1.54) is 0 Å². The maximum Gasteiger partial charge on any atom is 0.224 e. The summed E-state index contributed by atoms with van der Waals surface area (Å²) in [7, 11) is 3.59. The summed E-state index contributed by atoms with van der Waals surface area (Å²) in [6, 6.07) is 0. The van der Waals surface area contributed by atoms with E-state index < -0.39 is 6.17 Å². The summed E-state index contributed by atoms with van der Waals surface area (Å²) in [6.07, 6.45) is 11.7. The first-order chi connectivity index (χ1) is 9.58. The number of alkyl halides is 1. The Bertz CT molecular complexity index is 565. The van der Waals surface area contributed by atoms with Crippen LogP contribution in [-0.4, -0.2) is 22.8 Å². The van der Waals surface area contributed by atoms with Gasteiger partial charge in [-0.3, -0.25) is 4.99 Å². The van der Waals surface area contributed by atoms with Crippen LogP contribution in [0.5, 0.6) is 0 Å². The van der Waals surface area contributed by atoms with Crippen LogP contribution in [0.2, 0.25) is 0 Å². The van der Waals surface area contributed by atoms with E-state index in [1.807, 2.05) is 42.1 Å². The third kappa shape index (κ3) is 4.96. The van der Waals surface area contributed by atoms with E-state index in [9.17, 15) is 4.39 Å². The molecule has 0 aliphatic heterocycles. The zero-order chi connectivity index (χ0) is 15.0. The standard InChI is InChI=1S/C16H22FN3/c1-5-6-7-8-14(10-9-13(2)17)15-11-19-16(18-3)20(4)12-15/h5,7-8,10-13H,1,6,9H2,2-4H3/b8-7-,14-10+,18-16-. The van der Waals surface area contributed by atoms with E-state index in [0.717, 1.165) is 17.6 Å². The van der Waals surface area contributed by atoms with Gasteiger partial charge < -0.3 is 4.57 Å². The zero-order valence-corrected chi connectivity index (χ0v) is 12.4. The number of hydrogen-bond donors (Lipinski definition) is 0. The number of rotatable bonds is 6. The molecule has 0 aromatic carbocycles. The van der Waals surface area contributed by atoms with Crippen LogP contribution >= 0.6 is 0 Å². The van der Waals surface area contributed by atoms with Crippen molar-refractivity contribution in [3.63, 3.8) is 0 Å². The van der Waals surface area contributed by atoms with Crippen molar-refractivity contribution in [3.05, 3.63) is 54.5 Å². The van der Waals surface area contributed by atoms with Gasteiger partial charge in [-0.05, 0) is 25.3 Å². The van der Waals surface area contributed by atoms with E-state index in [0.29, 0.717) is 12.0 Å². The van der Waals surface area contributed by atoms with E-state index in [1.54, 1.807) is 20.2 Å². The highest BCUT2D eigenvalue weighted by Gasteiger charge is 2.02. The van der Waals surface area contributed by atoms with Crippen LogP contribution in [0.4, 0.5) is 4.39 Å². The molecule has 1 atom stereocenters. The molecule has 0 amide bonds. The third-order valence-corrected chi connectivity index (χ3v) is 2.76. The van der Waals surface area contributed by atoms with Crippen LogP contribution in [0.3, 0.4) is 0 Å². The number of nitrogens with zero attached hydrogens (tertiary/aromatic N) is 3. The Kier molecular flexibility index (Phi) is 6.64. The van der Waals surface area contributed by atoms with Crippen molar-refractivity contribution >= 4 is 5.57 Å². The van der Waals surface area contributed by atoms with Crippen molar-refractivity contribution in [2.24, 2.45) is 12.0 Å². The average Bonchev–Trinajstić information content (AvgIpc) is 2.42. The Morgan fingerprint density at radius 2 is 2.35 bits per heavy atom. The van der Waals surface area contributed by atoms with Crippen molar-refractivity contribution in [2.45, 2.75) is 25.9 Å². The molecule has 20 heavy (non-hydrogen) atoms. The minimum atomic E-state index is -0.857. The van der Waals surface area contributed by atoms with Gasteiger partial charge in [0.15, 0.2) is 0 Å². The number of aromatic nitrogens is 2. The first-order valence-electron chi connectivity index (χ1n) is 6.66. The largest absolute Gasteiger partial charge is 0.320 e. The van der Waals surface area contributed by atoms with E-state index >= 15 is 0 Å². The molecule has 108 valence electrons. The van der Waals surface area contributed by atoms with Crippen molar-refractivity contribution in [2.75, 3.05) is 7.05 Å². The normalized spacial score (nSPS) is 14.8. The van der Waals surface area contributed by atoms with E-state index in [-0.39, 0.29) is 0 Å². The highest BCUT2D eigenvalue weighted by atomic mass is 19.1. The van der Waals surface area contributed by atoms with Crippen LogP contribution in [-0.2, 0) is 7.05 Å². The van der Waals surface area contributed by atoms with Gasteiger partial charge in [0.05, 0.1) is 0 Å². The van der Waals surface area contributed by atoms with Gasteiger partial charge in [-0.15, -0.1) is 6.58 Å². The van der Waals surface area contributed by atoms with Gasteiger partial charge in [-0.25, -0.2) is 9.37 Å². The second-order valence-electron chi connectivity index (χ2n) is 4.58. The molecule has 1 aromatic heterocycles. The topological polar surface area (TPSA) is 30.2 Å². The Morgan fingerprint density at radius 1 is 1.60 bits per heavy atom. The van der Waals surface area contributed by atoms with Gasteiger partial charge in [0.2, 0.25) is 5.62 Å². The van der Waals surface area contributed by atoms with Gasteiger partial charge >= 0.3 is 0 Å². The number of hydrogen-bond acceptors (Lipinski definition) is 2. The molecular formula is C16H22FN3. The van der Waals surface area contributed by atoms with Crippen molar-refractivity contribution in [1.29, 1.82) is 0 Å². The fourth-order valence-electron chi connectivity index (χ4n) is 1.75. The van der Waals surface area contributed by atoms with Crippen molar-refractivity contribution in [3.8, 4) is 0 Å². The molecule has 0 aliphatic rings.